The van der Waals surface area contributed by atoms with Gasteiger partial charge in [0, 0.05) is 12.5 Å². The van der Waals surface area contributed by atoms with Crippen LogP contribution in [0.15, 0.2) is 11.6 Å². The second-order valence-electron chi connectivity index (χ2n) is 18.4. The van der Waals surface area contributed by atoms with Crippen LogP contribution in [0.1, 0.15) is 92.4 Å². The van der Waals surface area contributed by atoms with Crippen LogP contribution in [0.2, 0.25) is 0 Å². The zero-order valence-corrected chi connectivity index (χ0v) is 31.0. The molecule has 12 heteroatoms. The minimum Gasteiger partial charge on any atom is -0.394 e. The van der Waals surface area contributed by atoms with Crippen LogP contribution in [-0.4, -0.2) is 123 Å². The van der Waals surface area contributed by atoms with E-state index in [4.69, 9.17) is 23.7 Å². The molecule has 4 aliphatic heterocycles. The van der Waals surface area contributed by atoms with Crippen molar-refractivity contribution in [2.24, 2.45) is 46.3 Å². The molecule has 4 heterocycles. The van der Waals surface area contributed by atoms with Crippen LogP contribution < -0.4 is 5.32 Å². The fourth-order valence-electron chi connectivity index (χ4n) is 12.7. The van der Waals surface area contributed by atoms with Gasteiger partial charge in [-0.15, -0.1) is 0 Å². The van der Waals surface area contributed by atoms with Gasteiger partial charge >= 0.3 is 0 Å². The molecular weight excluding hydrogens is 658 g/mol. The lowest BCUT2D eigenvalue weighted by atomic mass is 9.47. The van der Waals surface area contributed by atoms with E-state index in [2.05, 4.69) is 39.1 Å². The third-order valence-corrected chi connectivity index (χ3v) is 15.8. The summed E-state index contributed by atoms with van der Waals surface area (Å²) < 4.78 is 30.7. The van der Waals surface area contributed by atoms with Crippen LogP contribution in [0, 0.1) is 46.3 Å². The van der Waals surface area contributed by atoms with Gasteiger partial charge in [-0.05, 0) is 105 Å². The molecule has 0 radical (unpaired) electrons. The summed E-state index contributed by atoms with van der Waals surface area (Å²) >= 11 is 0. The highest BCUT2D eigenvalue weighted by Gasteiger charge is 2.68. The van der Waals surface area contributed by atoms with Crippen molar-refractivity contribution in [3.05, 3.63) is 11.6 Å². The fraction of sp³-hybridized carbons (Fsp3) is 0.949. The summed E-state index contributed by atoms with van der Waals surface area (Å²) in [5.41, 5.74) is 1.66. The lowest BCUT2D eigenvalue weighted by molar-refractivity contribution is -0.360. The van der Waals surface area contributed by atoms with E-state index >= 15 is 0 Å². The molecule has 0 aromatic carbocycles. The van der Waals surface area contributed by atoms with Crippen LogP contribution in [-0.2, 0) is 23.7 Å². The van der Waals surface area contributed by atoms with Gasteiger partial charge in [0.2, 0.25) is 0 Å². The Morgan fingerprint density at radius 3 is 2.31 bits per heavy atom. The van der Waals surface area contributed by atoms with Gasteiger partial charge in [0.25, 0.3) is 0 Å². The maximum Gasteiger partial charge on any atom is 0.187 e. The number of aliphatic hydroxyl groups is 6. The quantitative estimate of drug-likeness (QED) is 0.206. The van der Waals surface area contributed by atoms with Gasteiger partial charge in [0.15, 0.2) is 12.6 Å². The Balaban J connectivity index is 0.915. The molecule has 8 aliphatic rings. The lowest BCUT2D eigenvalue weighted by Crippen LogP contribution is -2.64. The average Bonchev–Trinajstić information content (AvgIpc) is 3.56. The first kappa shape index (κ1) is 37.2. The monoisotopic (exact) mass is 721 g/mol. The molecule has 7 fully saturated rings. The molecule has 4 aliphatic carbocycles. The molecule has 0 bridgehead atoms. The molecular formula is C39H63NO11. The van der Waals surface area contributed by atoms with Crippen molar-refractivity contribution in [3.8, 4) is 0 Å². The van der Waals surface area contributed by atoms with Crippen LogP contribution in [0.5, 0.6) is 0 Å². The van der Waals surface area contributed by atoms with Gasteiger partial charge in [0.1, 0.15) is 48.5 Å². The predicted octanol–water partition coefficient (Wildman–Crippen LogP) is 1.96. The van der Waals surface area contributed by atoms with Crippen molar-refractivity contribution in [1.82, 2.24) is 5.32 Å². The Labute approximate surface area is 302 Å². The zero-order chi connectivity index (χ0) is 36.2. The van der Waals surface area contributed by atoms with Crippen molar-refractivity contribution >= 4 is 0 Å². The largest absolute Gasteiger partial charge is 0.394 e. The zero-order valence-electron chi connectivity index (χ0n) is 31.0. The van der Waals surface area contributed by atoms with Crippen LogP contribution >= 0.6 is 0 Å². The number of allylic oxidation sites excluding steroid dienone is 1. The summed E-state index contributed by atoms with van der Waals surface area (Å²) in [5.74, 6) is 3.74. The Morgan fingerprint density at radius 1 is 0.843 bits per heavy atom. The average molecular weight is 722 g/mol. The van der Waals surface area contributed by atoms with Crippen LogP contribution in [0.3, 0.4) is 0 Å². The lowest BCUT2D eigenvalue weighted by Gasteiger charge is -2.59. The van der Waals surface area contributed by atoms with Crippen LogP contribution in [0.4, 0.5) is 0 Å². The van der Waals surface area contributed by atoms with Crippen molar-refractivity contribution < 1.29 is 54.3 Å². The molecule has 21 atom stereocenters. The van der Waals surface area contributed by atoms with Gasteiger partial charge in [-0.3, -0.25) is 5.32 Å². The minimum atomic E-state index is -1.60. The third kappa shape index (κ3) is 5.84. The Bertz CT molecular complexity index is 1310. The normalized spacial score (nSPS) is 58.4. The van der Waals surface area contributed by atoms with E-state index in [1.807, 2.05) is 0 Å². The van der Waals surface area contributed by atoms with E-state index in [1.54, 1.807) is 0 Å². The molecule has 0 aromatic rings. The molecule has 7 N–H and O–H groups in total. The van der Waals surface area contributed by atoms with Gasteiger partial charge in [-0.2, -0.15) is 0 Å². The van der Waals surface area contributed by atoms with Gasteiger partial charge in [-0.25, -0.2) is 0 Å². The fourth-order valence-corrected chi connectivity index (χ4v) is 12.7. The Hall–Kier alpha value is -0.740. The second kappa shape index (κ2) is 13.5. The molecule has 0 unspecified atom stereocenters. The summed E-state index contributed by atoms with van der Waals surface area (Å²) in [6.45, 7) is 11.9. The van der Waals surface area contributed by atoms with E-state index in [1.165, 1.54) is 38.2 Å². The van der Waals surface area contributed by atoms with Crippen molar-refractivity contribution in [2.75, 3.05) is 13.2 Å². The predicted molar refractivity (Wildman–Crippen MR) is 184 cm³/mol. The molecule has 290 valence electrons. The number of hydrogen-bond acceptors (Lipinski definition) is 12. The SMILES string of the molecule is C[C@@H]1CC[C@]2(NC1)O[C@@H]1C[C@@H]3[C@H]4CC=C5C[C@@H](O[C@H]6O[C@@H](CO)[C@H](O[C@@H]7O[C@H](C)[C@@H](O)[C@@H](O)[C@@H]7O)[C@@H](O)[C@@H]6O)CC[C@@]5(C)[C@@H]4CC[C@@]3(C)[C@@H]1[C@H]2C. The summed E-state index contributed by atoms with van der Waals surface area (Å²) in [6.07, 6.45) is -1.11. The number of nitrogens with one attached hydrogen (secondary N) is 1. The minimum absolute atomic E-state index is 0.0881. The standard InChI is InChI=1S/C39H63NO11/c1-18-8-13-39(40-16-18)19(2)28-26(51-39)15-25-23-7-6-21-14-22(9-11-37(21,4)24(23)10-12-38(25,28)5)48-36-33(46)31(44)34(27(17-41)49-36)50-35-32(45)30(43)29(42)20(3)47-35/h6,18-20,22-36,40-46H,7-17H2,1-5H3/t18-,19-,20-,22+,23+,24-,25-,26-,27+,28-,29-,30-,31+,32+,33+,34+,35+,36+,37-,38-,39+/m1/s1. The molecule has 8 rings (SSSR count). The number of fused-ring (bicyclic) bond motifs is 7. The van der Waals surface area contributed by atoms with Gasteiger partial charge in [-0.1, -0.05) is 39.3 Å². The molecule has 0 amide bonds. The topological polar surface area (TPSA) is 180 Å². The molecule has 4 saturated heterocycles. The first-order chi connectivity index (χ1) is 24.2. The highest BCUT2D eigenvalue weighted by atomic mass is 16.7. The number of hydrogen-bond donors (Lipinski definition) is 7. The molecule has 0 aromatic heterocycles. The molecule has 1 spiro atoms. The number of piperidine rings is 1. The summed E-state index contributed by atoms with van der Waals surface area (Å²) in [6, 6.07) is 0. The van der Waals surface area contributed by atoms with Crippen molar-refractivity contribution in [2.45, 2.75) is 172 Å². The highest BCUT2D eigenvalue weighted by molar-refractivity contribution is 5.26. The maximum absolute atomic E-state index is 11.1. The van der Waals surface area contributed by atoms with E-state index in [0.717, 1.165) is 38.6 Å². The first-order valence-electron chi connectivity index (χ1n) is 20.0. The highest BCUT2D eigenvalue weighted by Crippen LogP contribution is 2.70. The van der Waals surface area contributed by atoms with Crippen molar-refractivity contribution in [1.29, 1.82) is 0 Å². The second-order valence-corrected chi connectivity index (χ2v) is 18.4. The molecule has 51 heavy (non-hydrogen) atoms. The van der Waals surface area contributed by atoms with Gasteiger partial charge in [0.05, 0.1) is 24.9 Å². The van der Waals surface area contributed by atoms with Gasteiger partial charge < -0.3 is 54.3 Å². The van der Waals surface area contributed by atoms with E-state index in [-0.39, 0.29) is 17.2 Å². The first-order valence-corrected chi connectivity index (χ1v) is 20.0. The van der Waals surface area contributed by atoms with E-state index < -0.39 is 68.0 Å². The van der Waals surface area contributed by atoms with E-state index in [0.29, 0.717) is 47.0 Å². The Kier molecular flexibility index (Phi) is 9.83. The summed E-state index contributed by atoms with van der Waals surface area (Å²) in [4.78, 5) is 0. The number of ether oxygens (including phenoxy) is 5. The van der Waals surface area contributed by atoms with Crippen molar-refractivity contribution in [3.63, 3.8) is 0 Å². The molecule has 3 saturated carbocycles. The smallest absolute Gasteiger partial charge is 0.187 e. The summed E-state index contributed by atoms with van der Waals surface area (Å²) in [7, 11) is 0. The van der Waals surface area contributed by atoms with E-state index in [9.17, 15) is 30.6 Å². The maximum atomic E-state index is 11.1. The summed E-state index contributed by atoms with van der Waals surface area (Å²) in [5, 5.41) is 67.0. The number of aliphatic hydroxyl groups excluding tert-OH is 6. The third-order valence-electron chi connectivity index (χ3n) is 15.8. The number of rotatable bonds is 5. The Morgan fingerprint density at radius 2 is 1.59 bits per heavy atom. The van der Waals surface area contributed by atoms with Crippen LogP contribution in [0.25, 0.3) is 0 Å². The molecule has 12 nitrogen and oxygen atoms in total.